The maximum Gasteiger partial charge on any atom is 0.139 e. The molecule has 0 saturated carbocycles. The van der Waals surface area contributed by atoms with Gasteiger partial charge in [-0.05, 0) is 31.9 Å². The van der Waals surface area contributed by atoms with E-state index in [1.165, 1.54) is 0 Å². The van der Waals surface area contributed by atoms with Crippen molar-refractivity contribution in [3.8, 4) is 5.75 Å². The van der Waals surface area contributed by atoms with Crippen molar-refractivity contribution in [3.63, 3.8) is 0 Å². The van der Waals surface area contributed by atoms with Crippen molar-refractivity contribution in [2.75, 3.05) is 13.2 Å². The molecule has 0 spiro atoms. The number of rotatable bonds is 4. The van der Waals surface area contributed by atoms with Gasteiger partial charge in [-0.1, -0.05) is 18.2 Å². The summed E-state index contributed by atoms with van der Waals surface area (Å²) in [6.45, 7) is 3.20. The Morgan fingerprint density at radius 1 is 1.41 bits per heavy atom. The fraction of sp³-hybridized carbons (Fsp3) is 0.429. The molecule has 3 nitrogen and oxygen atoms in total. The molecule has 1 aliphatic heterocycles. The third kappa shape index (κ3) is 2.80. The van der Waals surface area contributed by atoms with E-state index in [4.69, 9.17) is 9.47 Å². The number of hydrogen-bond acceptors (Lipinski definition) is 3. The fourth-order valence-corrected chi connectivity index (χ4v) is 1.91. The minimum absolute atomic E-state index is 0.587. The van der Waals surface area contributed by atoms with Crippen LogP contribution in [0.25, 0.3) is 0 Å². The predicted molar refractivity (Wildman–Crippen MR) is 65.8 cm³/mol. The van der Waals surface area contributed by atoms with Crippen LogP contribution in [-0.4, -0.2) is 18.3 Å². The average Bonchev–Trinajstić information content (AvgIpc) is 2.40. The summed E-state index contributed by atoms with van der Waals surface area (Å²) in [5.41, 5.74) is 0.766. The molecule has 1 heterocycles. The highest BCUT2D eigenvalue weighted by atomic mass is 16.5. The van der Waals surface area contributed by atoms with E-state index in [0.717, 1.165) is 24.2 Å². The highest BCUT2D eigenvalue weighted by Crippen LogP contribution is 2.31. The molecular weight excluding hydrogens is 216 g/mol. The van der Waals surface area contributed by atoms with Crippen LogP contribution in [0.3, 0.4) is 0 Å². The van der Waals surface area contributed by atoms with Gasteiger partial charge in [-0.25, -0.2) is 0 Å². The Labute approximate surface area is 102 Å². The molecule has 0 saturated heterocycles. The molecule has 0 amide bonds. The Balaban J connectivity index is 2.23. The number of aliphatic hydroxyl groups is 1. The molecular formula is C14H18O3. The van der Waals surface area contributed by atoms with Crippen LogP contribution in [0.2, 0.25) is 0 Å². The standard InChI is InChI=1S/C14H18O3/c1-2-16-12-8-4-3-7-11(12)14(15)13-9-5-6-10-17-13/h3-4,7-9,14-15H,2,5-6,10H2,1H3. The van der Waals surface area contributed by atoms with Gasteiger partial charge in [-0.2, -0.15) is 0 Å². The quantitative estimate of drug-likeness (QED) is 0.870. The number of para-hydroxylation sites is 1. The molecule has 1 aromatic carbocycles. The van der Waals surface area contributed by atoms with E-state index in [1.54, 1.807) is 0 Å². The maximum atomic E-state index is 10.3. The van der Waals surface area contributed by atoms with Crippen LogP contribution in [0.5, 0.6) is 5.75 Å². The first kappa shape index (κ1) is 12.0. The Morgan fingerprint density at radius 2 is 2.24 bits per heavy atom. The monoisotopic (exact) mass is 234 g/mol. The van der Waals surface area contributed by atoms with Crippen molar-refractivity contribution >= 4 is 0 Å². The minimum atomic E-state index is -0.724. The number of benzene rings is 1. The number of ether oxygens (including phenoxy) is 2. The van der Waals surface area contributed by atoms with Crippen molar-refractivity contribution in [3.05, 3.63) is 41.7 Å². The number of allylic oxidation sites excluding steroid dienone is 1. The zero-order valence-electron chi connectivity index (χ0n) is 10.1. The molecule has 0 aromatic heterocycles. The van der Waals surface area contributed by atoms with Crippen LogP contribution < -0.4 is 4.74 Å². The lowest BCUT2D eigenvalue weighted by Crippen LogP contribution is -2.11. The lowest BCUT2D eigenvalue weighted by molar-refractivity contribution is 0.0898. The summed E-state index contributed by atoms with van der Waals surface area (Å²) in [6, 6.07) is 7.53. The zero-order valence-corrected chi connectivity index (χ0v) is 10.1. The van der Waals surface area contributed by atoms with Crippen LogP contribution in [0.1, 0.15) is 31.4 Å². The van der Waals surface area contributed by atoms with E-state index >= 15 is 0 Å². The van der Waals surface area contributed by atoms with Gasteiger partial charge in [0.15, 0.2) is 0 Å². The lowest BCUT2D eigenvalue weighted by atomic mass is 10.0. The fourth-order valence-electron chi connectivity index (χ4n) is 1.91. The zero-order chi connectivity index (χ0) is 12.1. The SMILES string of the molecule is CCOc1ccccc1C(O)C1=CCCCO1. The van der Waals surface area contributed by atoms with Crippen LogP contribution in [0.4, 0.5) is 0 Å². The topological polar surface area (TPSA) is 38.7 Å². The van der Waals surface area contributed by atoms with Gasteiger partial charge in [-0.3, -0.25) is 0 Å². The first-order valence-electron chi connectivity index (χ1n) is 6.05. The summed E-state index contributed by atoms with van der Waals surface area (Å²) in [5.74, 6) is 1.36. The van der Waals surface area contributed by atoms with Crippen molar-refractivity contribution in [1.82, 2.24) is 0 Å². The summed E-state index contributed by atoms with van der Waals surface area (Å²) in [5, 5.41) is 10.3. The summed E-state index contributed by atoms with van der Waals surface area (Å²) >= 11 is 0. The van der Waals surface area contributed by atoms with Crippen molar-refractivity contribution in [1.29, 1.82) is 0 Å². The van der Waals surface area contributed by atoms with Crippen molar-refractivity contribution in [2.45, 2.75) is 25.9 Å². The first-order valence-corrected chi connectivity index (χ1v) is 6.05. The Bertz CT molecular complexity index is 398. The van der Waals surface area contributed by atoms with Gasteiger partial charge < -0.3 is 14.6 Å². The molecule has 92 valence electrons. The maximum absolute atomic E-state index is 10.3. The second-order valence-electron chi connectivity index (χ2n) is 3.97. The molecule has 0 bridgehead atoms. The van der Waals surface area contributed by atoms with Crippen LogP contribution in [0.15, 0.2) is 36.1 Å². The molecule has 2 rings (SSSR count). The van der Waals surface area contributed by atoms with E-state index < -0.39 is 6.10 Å². The van der Waals surface area contributed by atoms with Gasteiger partial charge in [0.25, 0.3) is 0 Å². The predicted octanol–water partition coefficient (Wildman–Crippen LogP) is 2.81. The van der Waals surface area contributed by atoms with Crippen LogP contribution in [-0.2, 0) is 4.74 Å². The van der Waals surface area contributed by atoms with Gasteiger partial charge in [0.1, 0.15) is 17.6 Å². The van der Waals surface area contributed by atoms with Gasteiger partial charge in [-0.15, -0.1) is 0 Å². The first-order chi connectivity index (χ1) is 8.33. The van der Waals surface area contributed by atoms with E-state index in [9.17, 15) is 5.11 Å². The molecule has 1 unspecified atom stereocenters. The molecule has 1 atom stereocenters. The van der Waals surface area contributed by atoms with Gasteiger partial charge >= 0.3 is 0 Å². The van der Waals surface area contributed by atoms with Crippen LogP contribution >= 0.6 is 0 Å². The van der Waals surface area contributed by atoms with Crippen molar-refractivity contribution < 1.29 is 14.6 Å². The smallest absolute Gasteiger partial charge is 0.139 e. The molecule has 17 heavy (non-hydrogen) atoms. The highest BCUT2D eigenvalue weighted by Gasteiger charge is 2.20. The molecule has 0 fully saturated rings. The Morgan fingerprint density at radius 3 is 2.94 bits per heavy atom. The Hall–Kier alpha value is -1.48. The third-order valence-electron chi connectivity index (χ3n) is 2.75. The molecule has 1 aliphatic rings. The second-order valence-corrected chi connectivity index (χ2v) is 3.97. The van der Waals surface area contributed by atoms with Gasteiger partial charge in [0, 0.05) is 5.56 Å². The van der Waals surface area contributed by atoms with Gasteiger partial charge in [0.2, 0.25) is 0 Å². The minimum Gasteiger partial charge on any atom is -0.495 e. The van der Waals surface area contributed by atoms with Crippen molar-refractivity contribution in [2.24, 2.45) is 0 Å². The van der Waals surface area contributed by atoms with E-state index in [-0.39, 0.29) is 0 Å². The number of hydrogen-bond donors (Lipinski definition) is 1. The average molecular weight is 234 g/mol. The van der Waals surface area contributed by atoms with E-state index in [2.05, 4.69) is 0 Å². The van der Waals surface area contributed by atoms with Crippen LogP contribution in [0, 0.1) is 0 Å². The molecule has 1 N–H and O–H groups in total. The van der Waals surface area contributed by atoms with E-state index in [0.29, 0.717) is 19.0 Å². The number of aliphatic hydroxyl groups excluding tert-OH is 1. The Kier molecular flexibility index (Phi) is 4.04. The second kappa shape index (κ2) is 5.73. The largest absolute Gasteiger partial charge is 0.495 e. The van der Waals surface area contributed by atoms with E-state index in [1.807, 2.05) is 37.3 Å². The summed E-state index contributed by atoms with van der Waals surface area (Å²) in [7, 11) is 0. The normalized spacial score (nSPS) is 16.9. The van der Waals surface area contributed by atoms with Gasteiger partial charge in [0.05, 0.1) is 13.2 Å². The summed E-state index contributed by atoms with van der Waals surface area (Å²) in [6.07, 6.45) is 3.21. The molecule has 0 aliphatic carbocycles. The molecule has 3 heteroatoms. The third-order valence-corrected chi connectivity index (χ3v) is 2.75. The molecule has 1 aromatic rings. The summed E-state index contributed by atoms with van der Waals surface area (Å²) in [4.78, 5) is 0. The highest BCUT2D eigenvalue weighted by molar-refractivity contribution is 5.38. The lowest BCUT2D eigenvalue weighted by Gasteiger charge is -2.21. The molecule has 0 radical (unpaired) electrons. The summed E-state index contributed by atoms with van der Waals surface area (Å²) < 4.78 is 11.0.